The van der Waals surface area contributed by atoms with E-state index < -0.39 is 4.92 Å². The molecule has 0 fully saturated rings. The number of aromatic nitrogens is 2. The molecule has 1 aromatic carbocycles. The third-order valence-electron chi connectivity index (χ3n) is 4.00. The third-order valence-corrected chi connectivity index (χ3v) is 4.00. The third kappa shape index (κ3) is 4.06. The second-order valence-electron chi connectivity index (χ2n) is 5.55. The molecule has 1 N–H and O–H groups in total. The van der Waals surface area contributed by atoms with Crippen LogP contribution in [0.2, 0.25) is 0 Å². The van der Waals surface area contributed by atoms with Crippen molar-refractivity contribution in [1.29, 1.82) is 0 Å². The predicted octanol–water partition coefficient (Wildman–Crippen LogP) is 0.931. The summed E-state index contributed by atoms with van der Waals surface area (Å²) in [4.78, 5) is 36.0. The summed E-state index contributed by atoms with van der Waals surface area (Å²) < 4.78 is 2.50. The molecule has 1 aromatic heterocycles. The van der Waals surface area contributed by atoms with Crippen LogP contribution in [0.1, 0.15) is 6.92 Å². The van der Waals surface area contributed by atoms with Crippen LogP contribution in [-0.2, 0) is 14.1 Å². The minimum atomic E-state index is -0.445. The van der Waals surface area contributed by atoms with Gasteiger partial charge >= 0.3 is 5.69 Å². The van der Waals surface area contributed by atoms with Crippen LogP contribution >= 0.6 is 0 Å². The number of hydrogen-bond acceptors (Lipinski definition) is 6. The summed E-state index contributed by atoms with van der Waals surface area (Å²) in [6, 6.07) is 7.59. The lowest BCUT2D eigenvalue weighted by atomic mass is 10.3. The standard InChI is InChI=1S/C16H21N5O4/c1-4-20(14-11-15(22)19(3)16(23)18(14)2)10-9-17-12-5-7-13(8-6-12)21(24)25/h5-8,11,17H,4,9-10H2,1-3H3. The molecule has 1 heterocycles. The Morgan fingerprint density at radius 3 is 2.36 bits per heavy atom. The van der Waals surface area contributed by atoms with Crippen LogP contribution in [0.3, 0.4) is 0 Å². The number of non-ortho nitro benzene ring substituents is 1. The molecule has 0 spiro atoms. The lowest BCUT2D eigenvalue weighted by Crippen LogP contribution is -2.41. The maximum absolute atomic E-state index is 12.0. The molecular weight excluding hydrogens is 326 g/mol. The average molecular weight is 347 g/mol. The van der Waals surface area contributed by atoms with Crippen molar-refractivity contribution in [2.75, 3.05) is 29.9 Å². The van der Waals surface area contributed by atoms with Crippen molar-refractivity contribution in [2.45, 2.75) is 6.92 Å². The van der Waals surface area contributed by atoms with E-state index >= 15 is 0 Å². The number of nitrogens with zero attached hydrogens (tertiary/aromatic N) is 4. The zero-order valence-electron chi connectivity index (χ0n) is 14.4. The van der Waals surface area contributed by atoms with Gasteiger partial charge in [-0.1, -0.05) is 0 Å². The van der Waals surface area contributed by atoms with Gasteiger partial charge in [0.05, 0.1) is 4.92 Å². The van der Waals surface area contributed by atoms with Gasteiger partial charge in [0.25, 0.3) is 11.2 Å². The Hall–Kier alpha value is -3.10. The van der Waals surface area contributed by atoms with Gasteiger partial charge in [0.1, 0.15) is 5.82 Å². The minimum Gasteiger partial charge on any atom is -0.383 e. The van der Waals surface area contributed by atoms with Crippen LogP contribution in [0.15, 0.2) is 39.9 Å². The van der Waals surface area contributed by atoms with Crippen molar-refractivity contribution in [2.24, 2.45) is 14.1 Å². The van der Waals surface area contributed by atoms with Crippen LogP contribution < -0.4 is 21.5 Å². The molecule has 2 aromatic rings. The first-order valence-electron chi connectivity index (χ1n) is 7.85. The normalized spacial score (nSPS) is 10.5. The Bertz CT molecular complexity index is 870. The zero-order valence-corrected chi connectivity index (χ0v) is 14.4. The number of anilines is 2. The molecule has 0 aliphatic rings. The van der Waals surface area contributed by atoms with Gasteiger partial charge in [0.15, 0.2) is 0 Å². The molecule has 9 nitrogen and oxygen atoms in total. The van der Waals surface area contributed by atoms with E-state index in [1.807, 2.05) is 11.8 Å². The largest absolute Gasteiger partial charge is 0.383 e. The predicted molar refractivity (Wildman–Crippen MR) is 96.4 cm³/mol. The summed E-state index contributed by atoms with van der Waals surface area (Å²) >= 11 is 0. The van der Waals surface area contributed by atoms with Crippen molar-refractivity contribution < 1.29 is 4.92 Å². The van der Waals surface area contributed by atoms with Crippen LogP contribution in [-0.4, -0.2) is 33.7 Å². The van der Waals surface area contributed by atoms with Gasteiger partial charge in [-0.25, -0.2) is 4.79 Å². The molecule has 9 heteroatoms. The van der Waals surface area contributed by atoms with E-state index in [-0.39, 0.29) is 16.9 Å². The number of nitrogens with one attached hydrogen (secondary N) is 1. The van der Waals surface area contributed by atoms with E-state index in [4.69, 9.17) is 0 Å². The minimum absolute atomic E-state index is 0.0378. The maximum atomic E-state index is 12.0. The quantitative estimate of drug-likeness (QED) is 0.590. The summed E-state index contributed by atoms with van der Waals surface area (Å²) in [5.41, 5.74) is 0.0829. The molecule has 2 rings (SSSR count). The first-order valence-corrected chi connectivity index (χ1v) is 7.85. The fraction of sp³-hybridized carbons (Fsp3) is 0.375. The smallest absolute Gasteiger partial charge is 0.332 e. The second kappa shape index (κ2) is 7.65. The zero-order chi connectivity index (χ0) is 18.6. The van der Waals surface area contributed by atoms with Crippen molar-refractivity contribution in [3.63, 3.8) is 0 Å². The van der Waals surface area contributed by atoms with E-state index in [0.717, 1.165) is 10.3 Å². The van der Waals surface area contributed by atoms with Crippen molar-refractivity contribution in [3.8, 4) is 0 Å². The highest BCUT2D eigenvalue weighted by molar-refractivity contribution is 5.49. The average Bonchev–Trinajstić information content (AvgIpc) is 2.61. The van der Waals surface area contributed by atoms with E-state index in [1.165, 1.54) is 29.8 Å². The molecule has 0 saturated carbocycles. The number of rotatable bonds is 7. The Morgan fingerprint density at radius 1 is 1.16 bits per heavy atom. The number of hydrogen-bond donors (Lipinski definition) is 1. The van der Waals surface area contributed by atoms with Gasteiger partial charge < -0.3 is 10.2 Å². The van der Waals surface area contributed by atoms with E-state index in [0.29, 0.717) is 25.5 Å². The monoisotopic (exact) mass is 347 g/mol. The summed E-state index contributed by atoms with van der Waals surface area (Å²) in [7, 11) is 3.07. The van der Waals surface area contributed by atoms with Crippen LogP contribution in [0.4, 0.5) is 17.2 Å². The molecule has 0 radical (unpaired) electrons. The Morgan fingerprint density at radius 2 is 1.80 bits per heavy atom. The van der Waals surface area contributed by atoms with Gasteiger partial charge in [-0.2, -0.15) is 0 Å². The van der Waals surface area contributed by atoms with Gasteiger partial charge in [-0.3, -0.25) is 24.0 Å². The molecule has 0 bridgehead atoms. The number of likely N-dealkylation sites (N-methyl/N-ethyl adjacent to an activating group) is 1. The highest BCUT2D eigenvalue weighted by Crippen LogP contribution is 2.15. The highest BCUT2D eigenvalue weighted by atomic mass is 16.6. The fourth-order valence-electron chi connectivity index (χ4n) is 2.50. The molecular formula is C16H21N5O4. The maximum Gasteiger partial charge on any atom is 0.332 e. The number of benzene rings is 1. The lowest BCUT2D eigenvalue weighted by Gasteiger charge is -2.25. The van der Waals surface area contributed by atoms with Crippen LogP contribution in [0.25, 0.3) is 0 Å². The molecule has 25 heavy (non-hydrogen) atoms. The number of nitro groups is 1. The second-order valence-corrected chi connectivity index (χ2v) is 5.55. The Kier molecular flexibility index (Phi) is 5.58. The molecule has 0 amide bonds. The summed E-state index contributed by atoms with van der Waals surface area (Å²) in [5, 5.41) is 13.8. The van der Waals surface area contributed by atoms with Gasteiger partial charge in [0.2, 0.25) is 0 Å². The molecule has 0 aliphatic heterocycles. The molecule has 0 atom stereocenters. The van der Waals surface area contributed by atoms with Gasteiger partial charge in [-0.05, 0) is 19.1 Å². The van der Waals surface area contributed by atoms with Gasteiger partial charge in [-0.15, -0.1) is 0 Å². The molecule has 0 aliphatic carbocycles. The fourth-order valence-corrected chi connectivity index (χ4v) is 2.50. The van der Waals surface area contributed by atoms with Crippen LogP contribution in [0, 0.1) is 10.1 Å². The molecule has 134 valence electrons. The van der Waals surface area contributed by atoms with E-state index in [2.05, 4.69) is 5.32 Å². The summed E-state index contributed by atoms with van der Waals surface area (Å²) in [5.74, 6) is 0.557. The highest BCUT2D eigenvalue weighted by Gasteiger charge is 2.12. The van der Waals surface area contributed by atoms with E-state index in [9.17, 15) is 19.7 Å². The van der Waals surface area contributed by atoms with E-state index in [1.54, 1.807) is 19.2 Å². The van der Waals surface area contributed by atoms with Crippen molar-refractivity contribution in [1.82, 2.24) is 9.13 Å². The summed E-state index contributed by atoms with van der Waals surface area (Å²) in [6.07, 6.45) is 0. The lowest BCUT2D eigenvalue weighted by molar-refractivity contribution is -0.384. The van der Waals surface area contributed by atoms with Gasteiger partial charge in [0, 0.05) is 57.6 Å². The Balaban J connectivity index is 2.07. The van der Waals surface area contributed by atoms with Crippen molar-refractivity contribution >= 4 is 17.2 Å². The van der Waals surface area contributed by atoms with Crippen molar-refractivity contribution in [3.05, 3.63) is 61.3 Å². The first kappa shape index (κ1) is 18.2. The molecule has 0 saturated heterocycles. The Labute approximate surface area is 144 Å². The SMILES string of the molecule is CCN(CCNc1ccc([N+](=O)[O-])cc1)c1cc(=O)n(C)c(=O)n1C. The molecule has 0 unspecified atom stereocenters. The first-order chi connectivity index (χ1) is 11.8. The summed E-state index contributed by atoms with van der Waals surface area (Å²) in [6.45, 7) is 3.68. The van der Waals surface area contributed by atoms with Crippen LogP contribution in [0.5, 0.6) is 0 Å². The topological polar surface area (TPSA) is 102 Å². The number of nitro benzene ring substituents is 1.